The number of pyridine rings is 1. The topological polar surface area (TPSA) is 42.0 Å². The smallest absolute Gasteiger partial charge is 0.322 e. The number of amides is 1. The second kappa shape index (κ2) is 5.90. The maximum atomic E-state index is 12.7. The van der Waals surface area contributed by atoms with E-state index >= 15 is 0 Å². The zero-order valence-corrected chi connectivity index (χ0v) is 11.2. The zero-order valence-electron chi connectivity index (χ0n) is 11.2. The van der Waals surface area contributed by atoms with E-state index in [1.165, 1.54) is 24.5 Å². The van der Waals surface area contributed by atoms with Gasteiger partial charge in [0, 0.05) is 23.6 Å². The summed E-state index contributed by atoms with van der Waals surface area (Å²) in [4.78, 5) is 15.5. The molecule has 23 heavy (non-hydrogen) atoms. The van der Waals surface area contributed by atoms with E-state index in [9.17, 15) is 31.1 Å². The average molecular weight is 334 g/mol. The third-order valence-corrected chi connectivity index (χ3v) is 2.79. The summed E-state index contributed by atoms with van der Waals surface area (Å²) in [6, 6.07) is 3.41. The van der Waals surface area contributed by atoms with Gasteiger partial charge in [-0.25, -0.2) is 0 Å². The van der Waals surface area contributed by atoms with Crippen LogP contribution in [0.2, 0.25) is 0 Å². The summed E-state index contributed by atoms with van der Waals surface area (Å²) in [7, 11) is 0. The van der Waals surface area contributed by atoms with E-state index in [0.29, 0.717) is 12.1 Å². The van der Waals surface area contributed by atoms with E-state index in [0.717, 1.165) is 0 Å². The Labute approximate surface area is 126 Å². The molecule has 2 aromatic rings. The number of carbonyl (C=O) groups is 1. The number of halogens is 6. The molecule has 1 N–H and O–H groups in total. The summed E-state index contributed by atoms with van der Waals surface area (Å²) < 4.78 is 76.2. The van der Waals surface area contributed by atoms with Crippen molar-refractivity contribution in [1.82, 2.24) is 4.98 Å². The second-order valence-corrected chi connectivity index (χ2v) is 4.48. The molecule has 0 unspecified atom stereocenters. The van der Waals surface area contributed by atoms with Crippen LogP contribution in [-0.4, -0.2) is 10.9 Å². The molecule has 0 aliphatic heterocycles. The molecule has 122 valence electrons. The van der Waals surface area contributed by atoms with Gasteiger partial charge < -0.3 is 5.32 Å². The molecule has 9 heteroatoms. The first-order valence-corrected chi connectivity index (χ1v) is 6.08. The lowest BCUT2D eigenvalue weighted by atomic mass is 10.1. The van der Waals surface area contributed by atoms with Gasteiger partial charge in [-0.05, 0) is 30.3 Å². The first-order valence-electron chi connectivity index (χ1n) is 6.08. The lowest BCUT2D eigenvalue weighted by molar-refractivity contribution is -0.143. The second-order valence-electron chi connectivity index (χ2n) is 4.48. The molecule has 0 aliphatic rings. The van der Waals surface area contributed by atoms with E-state index in [1.54, 1.807) is 0 Å². The summed E-state index contributed by atoms with van der Waals surface area (Å²) in [6.07, 6.45) is -7.42. The van der Waals surface area contributed by atoms with Gasteiger partial charge in [-0.2, -0.15) is 26.3 Å². The molecule has 2 rings (SSSR count). The highest BCUT2D eigenvalue weighted by Gasteiger charge is 2.37. The van der Waals surface area contributed by atoms with Gasteiger partial charge in [0.15, 0.2) is 0 Å². The largest absolute Gasteiger partial charge is 0.416 e. The number of anilines is 1. The predicted octanol–water partition coefficient (Wildman–Crippen LogP) is 4.37. The van der Waals surface area contributed by atoms with Crippen molar-refractivity contribution in [2.24, 2.45) is 0 Å². The maximum Gasteiger partial charge on any atom is 0.416 e. The molecule has 1 aromatic carbocycles. The third kappa shape index (κ3) is 4.21. The van der Waals surface area contributed by atoms with Gasteiger partial charge in [0.1, 0.15) is 0 Å². The van der Waals surface area contributed by atoms with Gasteiger partial charge in [-0.1, -0.05) is 0 Å². The summed E-state index contributed by atoms with van der Waals surface area (Å²) in [5.74, 6) is -0.847. The van der Waals surface area contributed by atoms with E-state index in [2.05, 4.69) is 4.98 Å². The fourth-order valence-corrected chi connectivity index (χ4v) is 1.73. The van der Waals surface area contributed by atoms with Crippen LogP contribution in [0.5, 0.6) is 0 Å². The highest BCUT2D eigenvalue weighted by molar-refractivity contribution is 6.04. The maximum absolute atomic E-state index is 12.7. The highest BCUT2D eigenvalue weighted by atomic mass is 19.4. The SMILES string of the molecule is O=C(Nc1cc(C(F)(F)F)cc(C(F)(F)F)c1)c1ccncc1. The first kappa shape index (κ1) is 16.8. The van der Waals surface area contributed by atoms with Crippen LogP contribution in [0.15, 0.2) is 42.7 Å². The average Bonchev–Trinajstić information content (AvgIpc) is 2.46. The molecule has 0 atom stereocenters. The number of nitrogens with zero attached hydrogens (tertiary/aromatic N) is 1. The molecule has 1 heterocycles. The van der Waals surface area contributed by atoms with Crippen LogP contribution in [0.3, 0.4) is 0 Å². The molecule has 0 bridgehead atoms. The van der Waals surface area contributed by atoms with E-state index in [4.69, 9.17) is 0 Å². The minimum atomic E-state index is -4.97. The van der Waals surface area contributed by atoms with Gasteiger partial charge in [0.25, 0.3) is 5.91 Å². The molecule has 1 aromatic heterocycles. The van der Waals surface area contributed by atoms with Crippen molar-refractivity contribution < 1.29 is 31.1 Å². The van der Waals surface area contributed by atoms with Crippen molar-refractivity contribution in [3.05, 3.63) is 59.4 Å². The molecule has 0 radical (unpaired) electrons. The number of carbonyl (C=O) groups excluding carboxylic acids is 1. The van der Waals surface area contributed by atoms with Crippen LogP contribution in [0.1, 0.15) is 21.5 Å². The van der Waals surface area contributed by atoms with Gasteiger partial charge in [0.05, 0.1) is 11.1 Å². The molecule has 0 saturated heterocycles. The van der Waals surface area contributed by atoms with E-state index in [1.807, 2.05) is 5.32 Å². The van der Waals surface area contributed by atoms with Crippen LogP contribution in [0.25, 0.3) is 0 Å². The normalized spacial score (nSPS) is 12.1. The monoisotopic (exact) mass is 334 g/mol. The van der Waals surface area contributed by atoms with Crippen molar-refractivity contribution in [2.45, 2.75) is 12.4 Å². The molecule has 1 amide bonds. The number of hydrogen-bond donors (Lipinski definition) is 1. The van der Waals surface area contributed by atoms with Crippen molar-refractivity contribution in [3.8, 4) is 0 Å². The molecule has 0 saturated carbocycles. The third-order valence-electron chi connectivity index (χ3n) is 2.79. The predicted molar refractivity (Wildman–Crippen MR) is 68.6 cm³/mol. The Hall–Kier alpha value is -2.58. The Morgan fingerprint density at radius 3 is 1.78 bits per heavy atom. The Balaban J connectivity index is 2.40. The molecule has 3 nitrogen and oxygen atoms in total. The lowest BCUT2D eigenvalue weighted by Crippen LogP contribution is -2.15. The standard InChI is InChI=1S/C14H8F6N2O/c15-13(16,17)9-5-10(14(18,19)20)7-11(6-9)22-12(23)8-1-3-21-4-2-8/h1-7H,(H,22,23). The fraction of sp³-hybridized carbons (Fsp3) is 0.143. The first-order chi connectivity index (χ1) is 10.6. The molecular weight excluding hydrogens is 326 g/mol. The Kier molecular flexibility index (Phi) is 4.31. The minimum Gasteiger partial charge on any atom is -0.322 e. The molecule has 0 spiro atoms. The number of alkyl halides is 6. The van der Waals surface area contributed by atoms with E-state index < -0.39 is 35.1 Å². The number of benzene rings is 1. The van der Waals surface area contributed by atoms with Gasteiger partial charge >= 0.3 is 12.4 Å². The van der Waals surface area contributed by atoms with Crippen molar-refractivity contribution in [1.29, 1.82) is 0 Å². The Morgan fingerprint density at radius 1 is 0.870 bits per heavy atom. The van der Waals surface area contributed by atoms with Crippen molar-refractivity contribution >= 4 is 11.6 Å². The van der Waals surface area contributed by atoms with Crippen molar-refractivity contribution in [3.63, 3.8) is 0 Å². The quantitative estimate of drug-likeness (QED) is 0.829. The van der Waals surface area contributed by atoms with Gasteiger partial charge in [0.2, 0.25) is 0 Å². The van der Waals surface area contributed by atoms with Gasteiger partial charge in [-0.15, -0.1) is 0 Å². The molecule has 0 aliphatic carbocycles. The van der Waals surface area contributed by atoms with Crippen LogP contribution in [0.4, 0.5) is 32.0 Å². The van der Waals surface area contributed by atoms with Crippen LogP contribution >= 0.6 is 0 Å². The summed E-state index contributed by atoms with van der Waals surface area (Å²) in [6.45, 7) is 0. The number of hydrogen-bond acceptors (Lipinski definition) is 2. The summed E-state index contributed by atoms with van der Waals surface area (Å²) in [5, 5.41) is 2.02. The summed E-state index contributed by atoms with van der Waals surface area (Å²) >= 11 is 0. The summed E-state index contributed by atoms with van der Waals surface area (Å²) in [5.41, 5.74) is -3.56. The van der Waals surface area contributed by atoms with E-state index in [-0.39, 0.29) is 11.6 Å². The van der Waals surface area contributed by atoms with Gasteiger partial charge in [-0.3, -0.25) is 9.78 Å². The molecule has 0 fully saturated rings. The molecular formula is C14H8F6N2O. The zero-order chi connectivity index (χ0) is 17.3. The number of nitrogens with one attached hydrogen (secondary N) is 1. The number of rotatable bonds is 2. The highest BCUT2D eigenvalue weighted by Crippen LogP contribution is 2.37. The Morgan fingerprint density at radius 2 is 1.35 bits per heavy atom. The number of aromatic nitrogens is 1. The van der Waals surface area contributed by atoms with Crippen molar-refractivity contribution in [2.75, 3.05) is 5.32 Å². The fourth-order valence-electron chi connectivity index (χ4n) is 1.73. The van der Waals surface area contributed by atoms with Crippen LogP contribution in [0, 0.1) is 0 Å². The lowest BCUT2D eigenvalue weighted by Gasteiger charge is -2.14. The van der Waals surface area contributed by atoms with Crippen LogP contribution in [-0.2, 0) is 12.4 Å². The Bertz CT molecular complexity index is 677. The minimum absolute atomic E-state index is 0.0118. The van der Waals surface area contributed by atoms with Crippen LogP contribution < -0.4 is 5.32 Å².